The quantitative estimate of drug-likeness (QED) is 0.306. The van der Waals surface area contributed by atoms with E-state index in [4.69, 9.17) is 14.9 Å². The number of hydrogen-bond donors (Lipinski definition) is 1. The van der Waals surface area contributed by atoms with E-state index in [1.165, 1.54) is 23.9 Å². The van der Waals surface area contributed by atoms with Gasteiger partial charge in [0.15, 0.2) is 17.3 Å². The van der Waals surface area contributed by atoms with E-state index in [9.17, 15) is 9.59 Å². The van der Waals surface area contributed by atoms with Crippen LogP contribution in [-0.4, -0.2) is 40.0 Å². The molecule has 36 heavy (non-hydrogen) atoms. The van der Waals surface area contributed by atoms with E-state index in [1.807, 2.05) is 43.3 Å². The number of rotatable bonds is 5. The number of benzene rings is 3. The van der Waals surface area contributed by atoms with Gasteiger partial charge in [0.05, 0.1) is 18.2 Å². The Hall–Kier alpha value is -4.50. The van der Waals surface area contributed by atoms with Gasteiger partial charge in [-0.2, -0.15) is 15.1 Å². The van der Waals surface area contributed by atoms with Gasteiger partial charge in [-0.3, -0.25) is 10.2 Å². The van der Waals surface area contributed by atoms with Crippen molar-refractivity contribution >= 4 is 45.8 Å². The second-order valence-corrected chi connectivity index (χ2v) is 8.92. The molecular weight excluding hydrogens is 476 g/mol. The lowest BCUT2D eigenvalue weighted by Crippen LogP contribution is -2.35. The standard InChI is InChI=1S/C27H20N4O4S/c1-16-7-6-10-19(13-16)26(33)35-21-12-11-17(15-22(21)34-2)14-20-23(28)31-27(29-24(20)32)36-25(30-31)18-8-4-3-5-9-18/h3-15,28H,1-2H3/b20-14-,28-23?. The van der Waals surface area contributed by atoms with Crippen LogP contribution in [0.15, 0.2) is 88.5 Å². The predicted molar refractivity (Wildman–Crippen MR) is 140 cm³/mol. The fourth-order valence-electron chi connectivity index (χ4n) is 3.65. The Morgan fingerprint density at radius 1 is 1.03 bits per heavy atom. The van der Waals surface area contributed by atoms with Crippen molar-refractivity contribution in [1.82, 2.24) is 5.01 Å². The lowest BCUT2D eigenvalue weighted by atomic mass is 10.1. The van der Waals surface area contributed by atoms with Gasteiger partial charge in [-0.1, -0.05) is 54.1 Å². The number of aliphatic imine (C=N–C) groups is 1. The molecule has 0 atom stereocenters. The molecule has 178 valence electrons. The molecule has 3 aromatic carbocycles. The molecule has 0 aromatic heterocycles. The maximum Gasteiger partial charge on any atom is 0.343 e. The minimum absolute atomic E-state index is 0.0719. The van der Waals surface area contributed by atoms with Gasteiger partial charge >= 0.3 is 5.97 Å². The molecular formula is C27H20N4O4S. The molecule has 2 aliphatic heterocycles. The van der Waals surface area contributed by atoms with Gasteiger partial charge in [0, 0.05) is 5.56 Å². The summed E-state index contributed by atoms with van der Waals surface area (Å²) >= 11 is 1.24. The molecule has 1 amide bonds. The van der Waals surface area contributed by atoms with Gasteiger partial charge in [0.1, 0.15) is 5.04 Å². The van der Waals surface area contributed by atoms with Crippen LogP contribution in [-0.2, 0) is 4.79 Å². The number of hydrazone groups is 1. The second-order valence-electron chi connectivity index (χ2n) is 7.96. The molecule has 0 saturated carbocycles. The lowest BCUT2D eigenvalue weighted by molar-refractivity contribution is -0.114. The van der Waals surface area contributed by atoms with Gasteiger partial charge in [0.25, 0.3) is 5.91 Å². The maximum absolute atomic E-state index is 12.8. The van der Waals surface area contributed by atoms with E-state index in [1.54, 1.807) is 42.5 Å². The Labute approximate surface area is 211 Å². The van der Waals surface area contributed by atoms with Crippen molar-refractivity contribution in [3.05, 3.63) is 101 Å². The summed E-state index contributed by atoms with van der Waals surface area (Å²) in [4.78, 5) is 29.4. The van der Waals surface area contributed by atoms with E-state index in [0.717, 1.165) is 11.1 Å². The highest BCUT2D eigenvalue weighted by Gasteiger charge is 2.36. The Bertz CT molecular complexity index is 1490. The number of amides is 1. The van der Waals surface area contributed by atoms with Gasteiger partial charge < -0.3 is 9.47 Å². The van der Waals surface area contributed by atoms with Gasteiger partial charge in [0.2, 0.25) is 5.17 Å². The number of nitrogens with one attached hydrogen (secondary N) is 1. The van der Waals surface area contributed by atoms with Crippen LogP contribution in [0, 0.1) is 12.3 Å². The fourth-order valence-corrected chi connectivity index (χ4v) is 4.54. The minimum atomic E-state index is -0.530. The summed E-state index contributed by atoms with van der Waals surface area (Å²) in [5.41, 5.74) is 2.92. The largest absolute Gasteiger partial charge is 0.493 e. The first kappa shape index (κ1) is 23.3. The van der Waals surface area contributed by atoms with Crippen LogP contribution in [0.2, 0.25) is 0 Å². The van der Waals surface area contributed by atoms with Crippen LogP contribution in [0.1, 0.15) is 27.0 Å². The first-order valence-corrected chi connectivity index (χ1v) is 11.8. The minimum Gasteiger partial charge on any atom is -0.493 e. The van der Waals surface area contributed by atoms with Crippen LogP contribution in [0.25, 0.3) is 6.08 Å². The molecule has 0 spiro atoms. The van der Waals surface area contributed by atoms with E-state index in [0.29, 0.717) is 27.1 Å². The van der Waals surface area contributed by atoms with Crippen molar-refractivity contribution in [1.29, 1.82) is 5.41 Å². The molecule has 2 heterocycles. The van der Waals surface area contributed by atoms with E-state index < -0.39 is 11.9 Å². The van der Waals surface area contributed by atoms with Crippen molar-refractivity contribution in [2.45, 2.75) is 6.92 Å². The molecule has 0 radical (unpaired) electrons. The molecule has 2 aliphatic rings. The zero-order valence-corrected chi connectivity index (χ0v) is 20.2. The fraction of sp³-hybridized carbons (Fsp3) is 0.0741. The van der Waals surface area contributed by atoms with Crippen LogP contribution in [0.5, 0.6) is 11.5 Å². The summed E-state index contributed by atoms with van der Waals surface area (Å²) < 4.78 is 10.9. The Morgan fingerprint density at radius 2 is 1.83 bits per heavy atom. The molecule has 8 nitrogen and oxygen atoms in total. The zero-order valence-electron chi connectivity index (χ0n) is 19.4. The third-order valence-electron chi connectivity index (χ3n) is 5.43. The first-order chi connectivity index (χ1) is 17.4. The SMILES string of the molecule is COc1cc(/C=C2/C(=N)N3N=C(c4ccccc4)SC3=NC2=O)ccc1OC(=O)c1cccc(C)c1. The summed E-state index contributed by atoms with van der Waals surface area (Å²) in [5.74, 6) is -0.558. The number of carbonyl (C=O) groups excluding carboxylic acids is 2. The molecule has 0 bridgehead atoms. The van der Waals surface area contributed by atoms with Crippen molar-refractivity contribution < 1.29 is 19.1 Å². The highest BCUT2D eigenvalue weighted by molar-refractivity contribution is 8.27. The van der Waals surface area contributed by atoms with E-state index >= 15 is 0 Å². The number of aryl methyl sites for hydroxylation is 1. The average molecular weight is 497 g/mol. The summed E-state index contributed by atoms with van der Waals surface area (Å²) in [6.45, 7) is 1.89. The molecule has 1 N–H and O–H groups in total. The average Bonchev–Trinajstić information content (AvgIpc) is 3.32. The third kappa shape index (κ3) is 4.56. The first-order valence-electron chi connectivity index (χ1n) is 11.0. The summed E-state index contributed by atoms with van der Waals surface area (Å²) in [6.07, 6.45) is 1.54. The number of fused-ring (bicyclic) bond motifs is 1. The maximum atomic E-state index is 12.8. The highest BCUT2D eigenvalue weighted by atomic mass is 32.2. The number of amidine groups is 2. The number of esters is 1. The van der Waals surface area contributed by atoms with Crippen LogP contribution < -0.4 is 9.47 Å². The number of hydrogen-bond acceptors (Lipinski definition) is 7. The van der Waals surface area contributed by atoms with Crippen molar-refractivity contribution in [2.75, 3.05) is 7.11 Å². The summed E-state index contributed by atoms with van der Waals surface area (Å²) in [6, 6.07) is 21.5. The smallest absolute Gasteiger partial charge is 0.343 e. The molecule has 9 heteroatoms. The molecule has 0 aliphatic carbocycles. The molecule has 0 saturated heterocycles. The van der Waals surface area contributed by atoms with E-state index in [-0.39, 0.29) is 17.2 Å². The predicted octanol–water partition coefficient (Wildman–Crippen LogP) is 4.89. The summed E-state index contributed by atoms with van der Waals surface area (Å²) in [5, 5.41) is 15.4. The third-order valence-corrected chi connectivity index (χ3v) is 6.39. The zero-order chi connectivity index (χ0) is 25.2. The lowest BCUT2D eigenvalue weighted by Gasteiger charge is -2.20. The number of methoxy groups -OCH3 is 1. The number of ether oxygens (including phenoxy) is 2. The highest BCUT2D eigenvalue weighted by Crippen LogP contribution is 2.33. The Balaban J connectivity index is 1.40. The number of thioether (sulfide) groups is 1. The molecule has 0 unspecified atom stereocenters. The van der Waals surface area contributed by atoms with Crippen LogP contribution in [0.3, 0.4) is 0 Å². The Morgan fingerprint density at radius 3 is 2.58 bits per heavy atom. The van der Waals surface area contributed by atoms with Crippen LogP contribution in [0.4, 0.5) is 0 Å². The van der Waals surface area contributed by atoms with Crippen LogP contribution >= 0.6 is 11.8 Å². The van der Waals surface area contributed by atoms with Gasteiger partial charge in [-0.05, 0) is 54.6 Å². The van der Waals surface area contributed by atoms with Gasteiger partial charge in [-0.25, -0.2) is 4.79 Å². The molecule has 0 fully saturated rings. The second kappa shape index (κ2) is 9.63. The summed E-state index contributed by atoms with van der Waals surface area (Å²) in [7, 11) is 1.46. The molecule has 3 aromatic rings. The Kier molecular flexibility index (Phi) is 6.22. The van der Waals surface area contributed by atoms with Gasteiger partial charge in [-0.15, -0.1) is 0 Å². The number of nitrogens with zero attached hydrogens (tertiary/aromatic N) is 3. The van der Waals surface area contributed by atoms with E-state index in [2.05, 4.69) is 10.1 Å². The van der Waals surface area contributed by atoms with Crippen molar-refractivity contribution in [2.24, 2.45) is 10.1 Å². The van der Waals surface area contributed by atoms with Crippen molar-refractivity contribution in [3.63, 3.8) is 0 Å². The number of carbonyl (C=O) groups is 2. The van der Waals surface area contributed by atoms with Crippen molar-refractivity contribution in [3.8, 4) is 11.5 Å². The normalized spacial score (nSPS) is 15.9. The molecule has 5 rings (SSSR count). The topological polar surface area (TPSA) is 104 Å². The monoisotopic (exact) mass is 496 g/mol.